The second-order valence-corrected chi connectivity index (χ2v) is 5.35. The molecule has 0 aliphatic rings. The van der Waals surface area contributed by atoms with Crippen molar-refractivity contribution in [1.82, 2.24) is 4.98 Å². The van der Waals surface area contributed by atoms with Gasteiger partial charge in [0.1, 0.15) is 0 Å². The average Bonchev–Trinajstić information content (AvgIpc) is 3.18. The number of amides is 1. The number of aromatic nitrogens is 1. The van der Waals surface area contributed by atoms with Gasteiger partial charge in [-0.3, -0.25) is 4.79 Å². The predicted octanol–water partition coefficient (Wildman–Crippen LogP) is 3.04. The minimum absolute atomic E-state index is 0.0182. The molecule has 0 spiro atoms. The normalized spacial score (nSPS) is 9.85. The molecule has 2 aromatic carbocycles. The Morgan fingerprint density at radius 3 is 2.33 bits per heavy atom. The molecule has 1 amide bonds. The number of carboxylic acids is 1. The van der Waals surface area contributed by atoms with Crippen LogP contribution in [0.3, 0.4) is 0 Å². The molecular formula is C19H10N4O4. The summed E-state index contributed by atoms with van der Waals surface area (Å²) in [5.41, 5.74) is 1.07. The summed E-state index contributed by atoms with van der Waals surface area (Å²) in [6.45, 7) is 0. The quantitative estimate of drug-likeness (QED) is 0.730. The van der Waals surface area contributed by atoms with Crippen LogP contribution in [0.5, 0.6) is 0 Å². The highest BCUT2D eigenvalue weighted by Gasteiger charge is 2.18. The fraction of sp³-hybridized carbons (Fsp3) is 0. The van der Waals surface area contributed by atoms with E-state index in [4.69, 9.17) is 14.9 Å². The maximum absolute atomic E-state index is 12.3. The lowest BCUT2D eigenvalue weighted by atomic mass is 10.1. The molecule has 0 atom stereocenters. The van der Waals surface area contributed by atoms with Gasteiger partial charge in [0.05, 0.1) is 40.7 Å². The third kappa shape index (κ3) is 3.65. The van der Waals surface area contributed by atoms with E-state index in [1.807, 2.05) is 12.1 Å². The molecule has 0 saturated heterocycles. The molecule has 0 saturated carbocycles. The summed E-state index contributed by atoms with van der Waals surface area (Å²) in [5.74, 6) is -1.95. The largest absolute Gasteiger partial charge is 0.478 e. The van der Waals surface area contributed by atoms with Gasteiger partial charge in [-0.25, -0.2) is 9.78 Å². The highest BCUT2D eigenvalue weighted by atomic mass is 16.4. The first-order chi connectivity index (χ1) is 13.0. The van der Waals surface area contributed by atoms with Crippen molar-refractivity contribution in [3.05, 3.63) is 71.2 Å². The summed E-state index contributed by atoms with van der Waals surface area (Å²) >= 11 is 0. The standard InChI is InChI=1S/C19H10N4O4/c20-8-11-1-4-13(5-2-11)16-10-22-18(27-16)17(24)23-15-6-3-12(9-21)7-14(15)19(25)26/h1-7,10H,(H,23,24)(H,25,26). The molecule has 1 heterocycles. The molecule has 0 aliphatic carbocycles. The first-order valence-electron chi connectivity index (χ1n) is 7.57. The van der Waals surface area contributed by atoms with Gasteiger partial charge in [0.2, 0.25) is 0 Å². The molecule has 0 aliphatic heterocycles. The van der Waals surface area contributed by atoms with Gasteiger partial charge in [0.25, 0.3) is 5.89 Å². The summed E-state index contributed by atoms with van der Waals surface area (Å²) in [4.78, 5) is 27.5. The number of hydrogen-bond donors (Lipinski definition) is 2. The SMILES string of the molecule is N#Cc1ccc(-c2cnc(C(=O)Nc3ccc(C#N)cc3C(=O)O)o2)cc1. The van der Waals surface area contributed by atoms with Crippen LogP contribution in [0.1, 0.15) is 32.2 Å². The Bertz CT molecular complexity index is 1120. The van der Waals surface area contributed by atoms with Gasteiger partial charge < -0.3 is 14.8 Å². The van der Waals surface area contributed by atoms with E-state index in [0.717, 1.165) is 6.07 Å². The van der Waals surface area contributed by atoms with Crippen LogP contribution in [0, 0.1) is 22.7 Å². The zero-order valence-corrected chi connectivity index (χ0v) is 13.6. The Hall–Kier alpha value is -4.43. The fourth-order valence-electron chi connectivity index (χ4n) is 2.30. The molecule has 1 aromatic heterocycles. The summed E-state index contributed by atoms with van der Waals surface area (Å²) in [6, 6.07) is 14.2. The molecule has 0 radical (unpaired) electrons. The van der Waals surface area contributed by atoms with Crippen LogP contribution in [-0.2, 0) is 0 Å². The van der Waals surface area contributed by atoms with Gasteiger partial charge in [-0.2, -0.15) is 10.5 Å². The van der Waals surface area contributed by atoms with Crippen LogP contribution in [0.4, 0.5) is 5.69 Å². The average molecular weight is 358 g/mol. The van der Waals surface area contributed by atoms with Crippen molar-refractivity contribution >= 4 is 17.6 Å². The number of aromatic carboxylic acids is 1. The van der Waals surface area contributed by atoms with E-state index in [2.05, 4.69) is 10.3 Å². The first-order valence-corrected chi connectivity index (χ1v) is 7.57. The minimum atomic E-state index is -1.28. The smallest absolute Gasteiger partial charge is 0.337 e. The van der Waals surface area contributed by atoms with Gasteiger partial charge >= 0.3 is 11.9 Å². The summed E-state index contributed by atoms with van der Waals surface area (Å²) in [7, 11) is 0. The van der Waals surface area contributed by atoms with Crippen LogP contribution in [0.15, 0.2) is 53.1 Å². The zero-order chi connectivity index (χ0) is 19.4. The molecule has 3 aromatic rings. The molecule has 0 unspecified atom stereocenters. The van der Waals surface area contributed by atoms with E-state index in [9.17, 15) is 14.7 Å². The van der Waals surface area contributed by atoms with Crippen LogP contribution in [0.25, 0.3) is 11.3 Å². The second kappa shape index (κ2) is 7.21. The number of rotatable bonds is 4. The van der Waals surface area contributed by atoms with Crippen molar-refractivity contribution in [2.45, 2.75) is 0 Å². The van der Waals surface area contributed by atoms with Gasteiger partial charge in [0, 0.05) is 5.56 Å². The second-order valence-electron chi connectivity index (χ2n) is 5.35. The van der Waals surface area contributed by atoms with Crippen molar-refractivity contribution in [3.63, 3.8) is 0 Å². The summed E-state index contributed by atoms with van der Waals surface area (Å²) < 4.78 is 5.42. The maximum atomic E-state index is 12.3. The fourth-order valence-corrected chi connectivity index (χ4v) is 2.30. The molecule has 3 rings (SSSR count). The van der Waals surface area contributed by atoms with E-state index in [-0.39, 0.29) is 22.7 Å². The topological polar surface area (TPSA) is 140 Å². The number of oxazole rings is 1. The van der Waals surface area contributed by atoms with E-state index in [1.54, 1.807) is 24.3 Å². The van der Waals surface area contributed by atoms with Crippen LogP contribution in [-0.4, -0.2) is 22.0 Å². The lowest BCUT2D eigenvalue weighted by Crippen LogP contribution is -2.15. The third-order valence-corrected chi connectivity index (χ3v) is 3.63. The Kier molecular flexibility index (Phi) is 4.65. The number of carboxylic acid groups (broad SMARTS) is 1. The molecule has 0 fully saturated rings. The number of nitrogens with zero attached hydrogens (tertiary/aromatic N) is 3. The van der Waals surface area contributed by atoms with Crippen molar-refractivity contribution in [2.24, 2.45) is 0 Å². The van der Waals surface area contributed by atoms with Crippen molar-refractivity contribution in [3.8, 4) is 23.5 Å². The summed E-state index contributed by atoms with van der Waals surface area (Å²) in [5, 5.41) is 29.3. The van der Waals surface area contributed by atoms with Gasteiger partial charge in [-0.1, -0.05) is 0 Å². The lowest BCUT2D eigenvalue weighted by molar-refractivity contribution is 0.0698. The molecule has 8 heteroatoms. The van der Waals surface area contributed by atoms with Crippen LogP contribution in [0.2, 0.25) is 0 Å². The summed E-state index contributed by atoms with van der Waals surface area (Å²) in [6.07, 6.45) is 1.35. The number of benzene rings is 2. The number of hydrogen-bond acceptors (Lipinski definition) is 6. The highest BCUT2D eigenvalue weighted by molar-refractivity contribution is 6.05. The molecule has 8 nitrogen and oxygen atoms in total. The van der Waals surface area contributed by atoms with Gasteiger partial charge in [-0.15, -0.1) is 0 Å². The van der Waals surface area contributed by atoms with Crippen LogP contribution >= 0.6 is 0 Å². The van der Waals surface area contributed by atoms with Gasteiger partial charge in [0.15, 0.2) is 5.76 Å². The lowest BCUT2D eigenvalue weighted by Gasteiger charge is -2.07. The van der Waals surface area contributed by atoms with Gasteiger partial charge in [-0.05, 0) is 42.5 Å². The highest BCUT2D eigenvalue weighted by Crippen LogP contribution is 2.22. The minimum Gasteiger partial charge on any atom is -0.478 e. The van der Waals surface area contributed by atoms with Crippen molar-refractivity contribution in [2.75, 3.05) is 5.32 Å². The number of anilines is 1. The number of nitrogens with one attached hydrogen (secondary N) is 1. The monoisotopic (exact) mass is 358 g/mol. The zero-order valence-electron chi connectivity index (χ0n) is 13.6. The molecule has 130 valence electrons. The van der Waals surface area contributed by atoms with E-state index >= 15 is 0 Å². The maximum Gasteiger partial charge on any atom is 0.337 e. The molecule has 0 bridgehead atoms. The Morgan fingerprint density at radius 1 is 1.04 bits per heavy atom. The third-order valence-electron chi connectivity index (χ3n) is 3.63. The molecular weight excluding hydrogens is 348 g/mol. The predicted molar refractivity (Wildman–Crippen MR) is 92.7 cm³/mol. The van der Waals surface area contributed by atoms with Crippen molar-refractivity contribution in [1.29, 1.82) is 10.5 Å². The van der Waals surface area contributed by atoms with E-state index in [1.165, 1.54) is 18.3 Å². The van der Waals surface area contributed by atoms with Crippen molar-refractivity contribution < 1.29 is 19.1 Å². The number of nitriles is 2. The first kappa shape index (κ1) is 17.4. The Balaban J connectivity index is 1.84. The Morgan fingerprint density at radius 2 is 1.70 bits per heavy atom. The van der Waals surface area contributed by atoms with E-state index in [0.29, 0.717) is 16.9 Å². The molecule has 2 N–H and O–H groups in total. The van der Waals surface area contributed by atoms with Crippen LogP contribution < -0.4 is 5.32 Å². The Labute approximate surface area is 152 Å². The molecule has 27 heavy (non-hydrogen) atoms. The number of carbonyl (C=O) groups excluding carboxylic acids is 1. The number of carbonyl (C=O) groups is 2. The van der Waals surface area contributed by atoms with E-state index < -0.39 is 11.9 Å².